The second-order valence-corrected chi connectivity index (χ2v) is 3.29. The largest absolute Gasteiger partial charge is 0.273 e. The summed E-state index contributed by atoms with van der Waals surface area (Å²) >= 11 is 0. The molecule has 4 heteroatoms. The topological polar surface area (TPSA) is 56.0 Å². The molecule has 0 aliphatic heterocycles. The van der Waals surface area contributed by atoms with Crippen LogP contribution < -0.4 is 0 Å². The molecule has 1 heterocycles. The van der Waals surface area contributed by atoms with Crippen LogP contribution in [0.3, 0.4) is 0 Å². The van der Waals surface area contributed by atoms with Crippen LogP contribution in [0.25, 0.3) is 10.9 Å². The second kappa shape index (κ2) is 3.65. The maximum atomic E-state index is 10.8. The molecule has 76 valence electrons. The Morgan fingerprint density at radius 2 is 2.27 bits per heavy atom. The Labute approximate surface area is 86.7 Å². The quantitative estimate of drug-likeness (QED) is 0.555. The SMILES string of the molecule is CCc1cc2ncccc2cc1[N+](=O)[O-]. The minimum atomic E-state index is -0.342. The zero-order chi connectivity index (χ0) is 10.8. The van der Waals surface area contributed by atoms with Crippen LogP contribution in [0.15, 0.2) is 30.5 Å². The van der Waals surface area contributed by atoms with Crippen LogP contribution in [0.1, 0.15) is 12.5 Å². The van der Waals surface area contributed by atoms with Gasteiger partial charge in [0.25, 0.3) is 5.69 Å². The normalized spacial score (nSPS) is 10.5. The van der Waals surface area contributed by atoms with E-state index >= 15 is 0 Å². The van der Waals surface area contributed by atoms with E-state index in [-0.39, 0.29) is 10.6 Å². The number of pyridine rings is 1. The van der Waals surface area contributed by atoms with Crippen LogP contribution in [-0.2, 0) is 6.42 Å². The summed E-state index contributed by atoms with van der Waals surface area (Å²) < 4.78 is 0. The van der Waals surface area contributed by atoms with Crippen molar-refractivity contribution in [3.05, 3.63) is 46.1 Å². The molecule has 0 spiro atoms. The molecule has 0 aliphatic carbocycles. The average molecular weight is 202 g/mol. The van der Waals surface area contributed by atoms with Gasteiger partial charge >= 0.3 is 0 Å². The van der Waals surface area contributed by atoms with E-state index in [0.717, 1.165) is 16.5 Å². The van der Waals surface area contributed by atoms with Gasteiger partial charge < -0.3 is 0 Å². The molecule has 0 fully saturated rings. The van der Waals surface area contributed by atoms with Gasteiger partial charge in [-0.1, -0.05) is 13.0 Å². The highest BCUT2D eigenvalue weighted by Gasteiger charge is 2.13. The Hall–Kier alpha value is -1.97. The lowest BCUT2D eigenvalue weighted by atomic mass is 10.1. The minimum absolute atomic E-state index is 0.179. The number of aromatic nitrogens is 1. The van der Waals surface area contributed by atoms with Gasteiger partial charge in [0.15, 0.2) is 0 Å². The molecule has 1 aromatic carbocycles. The van der Waals surface area contributed by atoms with E-state index in [2.05, 4.69) is 4.98 Å². The molecular formula is C11H10N2O2. The molecule has 0 radical (unpaired) electrons. The number of nitro benzene ring substituents is 1. The number of benzene rings is 1. The van der Waals surface area contributed by atoms with Crippen molar-refractivity contribution in [1.29, 1.82) is 0 Å². The molecule has 0 saturated carbocycles. The van der Waals surface area contributed by atoms with Crippen molar-refractivity contribution in [1.82, 2.24) is 4.98 Å². The lowest BCUT2D eigenvalue weighted by molar-refractivity contribution is -0.385. The zero-order valence-corrected chi connectivity index (χ0v) is 8.30. The highest BCUT2D eigenvalue weighted by atomic mass is 16.6. The van der Waals surface area contributed by atoms with Gasteiger partial charge in [-0.3, -0.25) is 15.1 Å². The zero-order valence-electron chi connectivity index (χ0n) is 8.30. The summed E-state index contributed by atoms with van der Waals surface area (Å²) in [5, 5.41) is 11.6. The first-order valence-corrected chi connectivity index (χ1v) is 4.74. The molecule has 2 aromatic rings. The molecule has 0 amide bonds. The summed E-state index contributed by atoms with van der Waals surface area (Å²) in [7, 11) is 0. The first-order chi connectivity index (χ1) is 7.22. The van der Waals surface area contributed by atoms with Gasteiger partial charge in [-0.05, 0) is 18.6 Å². The second-order valence-electron chi connectivity index (χ2n) is 3.29. The van der Waals surface area contributed by atoms with E-state index in [1.165, 1.54) is 0 Å². The fraction of sp³-hybridized carbons (Fsp3) is 0.182. The van der Waals surface area contributed by atoms with Crippen LogP contribution in [-0.4, -0.2) is 9.91 Å². The monoisotopic (exact) mass is 202 g/mol. The molecule has 2 rings (SSSR count). The third-order valence-corrected chi connectivity index (χ3v) is 2.38. The number of fused-ring (bicyclic) bond motifs is 1. The third-order valence-electron chi connectivity index (χ3n) is 2.38. The molecule has 0 bridgehead atoms. The first-order valence-electron chi connectivity index (χ1n) is 4.74. The van der Waals surface area contributed by atoms with Crippen molar-refractivity contribution in [3.63, 3.8) is 0 Å². The van der Waals surface area contributed by atoms with E-state index in [1.54, 1.807) is 24.4 Å². The molecule has 0 unspecified atom stereocenters. The van der Waals surface area contributed by atoms with Gasteiger partial charge in [-0.2, -0.15) is 0 Å². The van der Waals surface area contributed by atoms with Gasteiger partial charge in [0.1, 0.15) is 0 Å². The Bertz CT molecular complexity index is 523. The fourth-order valence-corrected chi connectivity index (χ4v) is 1.60. The summed E-state index contributed by atoms with van der Waals surface area (Å²) in [5.41, 5.74) is 1.71. The van der Waals surface area contributed by atoms with Crippen molar-refractivity contribution in [2.24, 2.45) is 0 Å². The molecule has 1 aromatic heterocycles. The van der Waals surface area contributed by atoms with Crippen LogP contribution in [0.2, 0.25) is 0 Å². The predicted molar refractivity (Wildman–Crippen MR) is 57.8 cm³/mol. The van der Waals surface area contributed by atoms with Crippen molar-refractivity contribution in [3.8, 4) is 0 Å². The summed E-state index contributed by atoms with van der Waals surface area (Å²) in [4.78, 5) is 14.6. The van der Waals surface area contributed by atoms with E-state index < -0.39 is 0 Å². The summed E-state index contributed by atoms with van der Waals surface area (Å²) in [6.45, 7) is 1.90. The van der Waals surface area contributed by atoms with Gasteiger partial charge in [0.2, 0.25) is 0 Å². The van der Waals surface area contributed by atoms with Crippen molar-refractivity contribution in [2.45, 2.75) is 13.3 Å². The van der Waals surface area contributed by atoms with Gasteiger partial charge in [-0.15, -0.1) is 0 Å². The van der Waals surface area contributed by atoms with E-state index in [4.69, 9.17) is 0 Å². The summed E-state index contributed by atoms with van der Waals surface area (Å²) in [6.07, 6.45) is 2.33. The lowest BCUT2D eigenvalue weighted by Gasteiger charge is -2.02. The Morgan fingerprint density at radius 3 is 2.93 bits per heavy atom. The highest BCUT2D eigenvalue weighted by Crippen LogP contribution is 2.24. The lowest BCUT2D eigenvalue weighted by Crippen LogP contribution is -1.95. The van der Waals surface area contributed by atoms with Crippen LogP contribution >= 0.6 is 0 Å². The van der Waals surface area contributed by atoms with Crippen molar-refractivity contribution < 1.29 is 4.92 Å². The summed E-state index contributed by atoms with van der Waals surface area (Å²) in [6, 6.07) is 6.97. The maximum Gasteiger partial charge on any atom is 0.273 e. The molecule has 0 N–H and O–H groups in total. The molecule has 15 heavy (non-hydrogen) atoms. The van der Waals surface area contributed by atoms with E-state index in [1.807, 2.05) is 13.0 Å². The van der Waals surface area contributed by atoms with Crippen molar-refractivity contribution >= 4 is 16.6 Å². The van der Waals surface area contributed by atoms with Gasteiger partial charge in [0, 0.05) is 23.2 Å². The fourth-order valence-electron chi connectivity index (χ4n) is 1.60. The Kier molecular flexibility index (Phi) is 2.33. The maximum absolute atomic E-state index is 10.8. The number of nitrogens with zero attached hydrogens (tertiary/aromatic N) is 2. The van der Waals surface area contributed by atoms with Gasteiger partial charge in [-0.25, -0.2) is 0 Å². The first kappa shape index (κ1) is 9.58. The van der Waals surface area contributed by atoms with E-state index in [9.17, 15) is 10.1 Å². The number of rotatable bonds is 2. The molecular weight excluding hydrogens is 192 g/mol. The summed E-state index contributed by atoms with van der Waals surface area (Å²) in [5.74, 6) is 0. The molecule has 0 saturated heterocycles. The average Bonchev–Trinajstić information content (AvgIpc) is 2.27. The van der Waals surface area contributed by atoms with Crippen molar-refractivity contribution in [2.75, 3.05) is 0 Å². The molecule has 4 nitrogen and oxygen atoms in total. The smallest absolute Gasteiger partial charge is 0.258 e. The standard InChI is InChI=1S/C11H10N2O2/c1-2-8-6-10-9(4-3-5-12-10)7-11(8)13(14)15/h3-7H,2H2,1H3. The van der Waals surface area contributed by atoms with Crippen LogP contribution in [0.4, 0.5) is 5.69 Å². The van der Waals surface area contributed by atoms with Crippen LogP contribution in [0, 0.1) is 10.1 Å². The van der Waals surface area contributed by atoms with Gasteiger partial charge in [0.05, 0.1) is 10.4 Å². The highest BCUT2D eigenvalue weighted by molar-refractivity contribution is 5.82. The minimum Gasteiger partial charge on any atom is -0.258 e. The third kappa shape index (κ3) is 1.66. The molecule has 0 aliphatic rings. The number of hydrogen-bond acceptors (Lipinski definition) is 3. The molecule has 0 atom stereocenters. The Morgan fingerprint density at radius 1 is 1.47 bits per heavy atom. The van der Waals surface area contributed by atoms with E-state index in [0.29, 0.717) is 6.42 Å². The predicted octanol–water partition coefficient (Wildman–Crippen LogP) is 2.71. The Balaban J connectivity index is 2.74. The number of nitro groups is 1. The number of hydrogen-bond donors (Lipinski definition) is 0. The van der Waals surface area contributed by atoms with Crippen LogP contribution in [0.5, 0.6) is 0 Å². The number of aryl methyl sites for hydroxylation is 1.